The highest BCUT2D eigenvalue weighted by atomic mass is 79.9. The van der Waals surface area contributed by atoms with Crippen molar-refractivity contribution >= 4 is 33.2 Å². The van der Waals surface area contributed by atoms with Gasteiger partial charge in [-0.1, -0.05) is 0 Å². The van der Waals surface area contributed by atoms with Crippen LogP contribution in [0.1, 0.15) is 10.9 Å². The molecule has 1 atom stereocenters. The highest BCUT2D eigenvalue weighted by Gasteiger charge is 2.15. The first-order valence-electron chi connectivity index (χ1n) is 3.37. The van der Waals surface area contributed by atoms with Crippen LogP contribution >= 0.6 is 27.3 Å². The zero-order chi connectivity index (χ0) is 9.14. The monoisotopic (exact) mass is 248 g/mol. The Morgan fingerprint density at radius 3 is 2.83 bits per heavy atom. The van der Waals surface area contributed by atoms with Crippen molar-refractivity contribution in [3.05, 3.63) is 20.8 Å². The molecule has 5 heteroatoms. The smallest absolute Gasteiger partial charge is 0.242 e. The number of halogens is 1. The zero-order valence-electron chi connectivity index (χ0n) is 6.50. The quantitative estimate of drug-likeness (QED) is 0.828. The maximum absolute atomic E-state index is 11.1. The van der Waals surface area contributed by atoms with Crippen LogP contribution in [0.5, 0.6) is 0 Å². The standard InChI is InChI=1S/C7H9BrN2OS/c1-10-7(11)6(9)4-2-3-5(8)12-4/h2-3,6H,9H2,1H3,(H,10,11). The van der Waals surface area contributed by atoms with Crippen molar-refractivity contribution in [2.45, 2.75) is 6.04 Å². The number of hydrogen-bond donors (Lipinski definition) is 2. The first-order chi connectivity index (χ1) is 5.65. The fourth-order valence-corrected chi connectivity index (χ4v) is 2.20. The molecule has 1 rings (SSSR count). The summed E-state index contributed by atoms with van der Waals surface area (Å²) in [6.45, 7) is 0. The minimum atomic E-state index is -0.550. The van der Waals surface area contributed by atoms with Crippen molar-refractivity contribution in [2.75, 3.05) is 7.05 Å². The van der Waals surface area contributed by atoms with Gasteiger partial charge in [0.05, 0.1) is 3.79 Å². The molecule has 3 nitrogen and oxygen atoms in total. The zero-order valence-corrected chi connectivity index (χ0v) is 8.91. The van der Waals surface area contributed by atoms with E-state index < -0.39 is 6.04 Å². The fraction of sp³-hybridized carbons (Fsp3) is 0.286. The van der Waals surface area contributed by atoms with Gasteiger partial charge in [-0.05, 0) is 28.1 Å². The van der Waals surface area contributed by atoms with E-state index in [0.29, 0.717) is 0 Å². The van der Waals surface area contributed by atoms with Crippen LogP contribution in [0.25, 0.3) is 0 Å². The second-order valence-electron chi connectivity index (χ2n) is 2.23. The van der Waals surface area contributed by atoms with E-state index in [2.05, 4.69) is 21.2 Å². The van der Waals surface area contributed by atoms with Gasteiger partial charge in [0.1, 0.15) is 6.04 Å². The topological polar surface area (TPSA) is 55.1 Å². The molecule has 3 N–H and O–H groups in total. The average molecular weight is 249 g/mol. The van der Waals surface area contributed by atoms with E-state index in [-0.39, 0.29) is 5.91 Å². The molecule has 1 aromatic rings. The Morgan fingerprint density at radius 1 is 1.75 bits per heavy atom. The summed E-state index contributed by atoms with van der Waals surface area (Å²) in [5.74, 6) is -0.163. The summed E-state index contributed by atoms with van der Waals surface area (Å²) >= 11 is 4.77. The molecule has 1 unspecified atom stereocenters. The summed E-state index contributed by atoms with van der Waals surface area (Å²) in [7, 11) is 1.57. The van der Waals surface area contributed by atoms with Gasteiger partial charge in [-0.2, -0.15) is 0 Å². The van der Waals surface area contributed by atoms with Crippen molar-refractivity contribution < 1.29 is 4.79 Å². The second kappa shape index (κ2) is 4.02. The number of rotatable bonds is 2. The number of likely N-dealkylation sites (N-methyl/N-ethyl adjacent to an activating group) is 1. The van der Waals surface area contributed by atoms with Crippen LogP contribution in [0, 0.1) is 0 Å². The van der Waals surface area contributed by atoms with Crippen LogP contribution in [0.3, 0.4) is 0 Å². The summed E-state index contributed by atoms with van der Waals surface area (Å²) in [5.41, 5.74) is 5.64. The summed E-state index contributed by atoms with van der Waals surface area (Å²) in [6, 6.07) is 3.17. The molecule has 0 saturated heterocycles. The molecule has 12 heavy (non-hydrogen) atoms. The van der Waals surface area contributed by atoms with Crippen LogP contribution in [-0.4, -0.2) is 13.0 Å². The summed E-state index contributed by atoms with van der Waals surface area (Å²) in [4.78, 5) is 11.9. The highest BCUT2D eigenvalue weighted by molar-refractivity contribution is 9.11. The van der Waals surface area contributed by atoms with Gasteiger partial charge in [-0.25, -0.2) is 0 Å². The molecule has 1 amide bonds. The maximum atomic E-state index is 11.1. The van der Waals surface area contributed by atoms with E-state index in [0.717, 1.165) is 8.66 Å². The normalized spacial score (nSPS) is 12.6. The number of nitrogens with two attached hydrogens (primary N) is 1. The van der Waals surface area contributed by atoms with Crippen LogP contribution in [0.2, 0.25) is 0 Å². The van der Waals surface area contributed by atoms with E-state index in [1.807, 2.05) is 12.1 Å². The third-order valence-corrected chi connectivity index (χ3v) is 3.14. The lowest BCUT2D eigenvalue weighted by Gasteiger charge is -2.06. The van der Waals surface area contributed by atoms with E-state index in [4.69, 9.17) is 5.73 Å². The molecule has 0 aliphatic carbocycles. The van der Waals surface area contributed by atoms with Crippen molar-refractivity contribution in [1.29, 1.82) is 0 Å². The Bertz CT molecular complexity index is 287. The van der Waals surface area contributed by atoms with Crippen molar-refractivity contribution in [1.82, 2.24) is 5.32 Å². The fourth-order valence-electron chi connectivity index (χ4n) is 0.780. The molecule has 0 saturated carbocycles. The van der Waals surface area contributed by atoms with Gasteiger partial charge in [0.2, 0.25) is 5.91 Å². The number of carbonyl (C=O) groups excluding carboxylic acids is 1. The molecule has 1 aromatic heterocycles. The second-order valence-corrected chi connectivity index (χ2v) is 4.73. The maximum Gasteiger partial charge on any atom is 0.242 e. The first kappa shape index (κ1) is 9.70. The minimum Gasteiger partial charge on any atom is -0.357 e. The van der Waals surface area contributed by atoms with Crippen LogP contribution in [0.4, 0.5) is 0 Å². The molecular formula is C7H9BrN2OS. The van der Waals surface area contributed by atoms with E-state index >= 15 is 0 Å². The Balaban J connectivity index is 2.77. The molecule has 0 fully saturated rings. The predicted molar refractivity (Wildman–Crippen MR) is 53.0 cm³/mol. The Hall–Kier alpha value is -0.390. The number of hydrogen-bond acceptors (Lipinski definition) is 3. The Morgan fingerprint density at radius 2 is 2.42 bits per heavy atom. The third kappa shape index (κ3) is 2.06. The molecule has 0 aliphatic rings. The third-order valence-electron chi connectivity index (χ3n) is 1.43. The summed E-state index contributed by atoms with van der Waals surface area (Å²) in [6.07, 6.45) is 0. The highest BCUT2D eigenvalue weighted by Crippen LogP contribution is 2.25. The lowest BCUT2D eigenvalue weighted by molar-refractivity contribution is -0.121. The molecule has 0 spiro atoms. The van der Waals surface area contributed by atoms with Crippen LogP contribution in [-0.2, 0) is 4.79 Å². The van der Waals surface area contributed by atoms with Crippen molar-refractivity contribution in [3.8, 4) is 0 Å². The average Bonchev–Trinajstić information content (AvgIpc) is 2.49. The first-order valence-corrected chi connectivity index (χ1v) is 4.98. The van der Waals surface area contributed by atoms with E-state index in [9.17, 15) is 4.79 Å². The van der Waals surface area contributed by atoms with Crippen LogP contribution in [0.15, 0.2) is 15.9 Å². The van der Waals surface area contributed by atoms with Gasteiger partial charge >= 0.3 is 0 Å². The van der Waals surface area contributed by atoms with Crippen LogP contribution < -0.4 is 11.1 Å². The van der Waals surface area contributed by atoms with Gasteiger partial charge < -0.3 is 11.1 Å². The van der Waals surface area contributed by atoms with Crippen molar-refractivity contribution in [2.24, 2.45) is 5.73 Å². The number of nitrogens with one attached hydrogen (secondary N) is 1. The van der Waals surface area contributed by atoms with Gasteiger partial charge in [-0.3, -0.25) is 4.79 Å². The predicted octanol–water partition coefficient (Wildman–Crippen LogP) is 1.26. The Kier molecular flexibility index (Phi) is 3.25. The molecule has 0 aliphatic heterocycles. The number of thiophene rings is 1. The number of amides is 1. The molecule has 0 bridgehead atoms. The van der Waals surface area contributed by atoms with E-state index in [1.165, 1.54) is 11.3 Å². The van der Waals surface area contributed by atoms with Gasteiger partial charge in [0.25, 0.3) is 0 Å². The number of carbonyl (C=O) groups is 1. The van der Waals surface area contributed by atoms with E-state index in [1.54, 1.807) is 7.05 Å². The Labute approximate surface area is 83.1 Å². The van der Waals surface area contributed by atoms with Gasteiger partial charge in [-0.15, -0.1) is 11.3 Å². The van der Waals surface area contributed by atoms with Gasteiger partial charge in [0, 0.05) is 11.9 Å². The molecule has 0 aromatic carbocycles. The van der Waals surface area contributed by atoms with Gasteiger partial charge in [0.15, 0.2) is 0 Å². The summed E-state index contributed by atoms with van der Waals surface area (Å²) in [5, 5.41) is 2.50. The lowest BCUT2D eigenvalue weighted by Crippen LogP contribution is -2.30. The van der Waals surface area contributed by atoms with Crippen molar-refractivity contribution in [3.63, 3.8) is 0 Å². The lowest BCUT2D eigenvalue weighted by atomic mass is 10.2. The molecule has 66 valence electrons. The largest absolute Gasteiger partial charge is 0.357 e. The SMILES string of the molecule is CNC(=O)C(N)c1ccc(Br)s1. The minimum absolute atomic E-state index is 0.163. The summed E-state index contributed by atoms with van der Waals surface area (Å²) < 4.78 is 0.983. The molecule has 0 radical (unpaired) electrons. The molecule has 1 heterocycles. The molecular weight excluding hydrogens is 240 g/mol.